The molecule has 0 atom stereocenters. The standard InChI is InChI=1S/C19H18N4O/c1-3-14(4-2)19-22-18(23-24-19)15-8-9-17(21-13-15)11-10-16-7-5-6-12-20-16/h5-9,12-14H,3-4H2,1-2H3. The van der Waals surface area contributed by atoms with Crippen LogP contribution in [0, 0.1) is 11.8 Å². The largest absolute Gasteiger partial charge is 0.339 e. The van der Waals surface area contributed by atoms with Gasteiger partial charge in [-0.25, -0.2) is 9.97 Å². The Morgan fingerprint density at radius 3 is 2.42 bits per heavy atom. The summed E-state index contributed by atoms with van der Waals surface area (Å²) in [5.41, 5.74) is 2.21. The molecule has 120 valence electrons. The first-order valence-corrected chi connectivity index (χ1v) is 8.03. The highest BCUT2D eigenvalue weighted by Crippen LogP contribution is 2.23. The highest BCUT2D eigenvalue weighted by molar-refractivity contribution is 5.53. The summed E-state index contributed by atoms with van der Waals surface area (Å²) >= 11 is 0. The lowest BCUT2D eigenvalue weighted by Crippen LogP contribution is -1.95. The monoisotopic (exact) mass is 318 g/mol. The molecule has 3 rings (SSSR count). The lowest BCUT2D eigenvalue weighted by atomic mass is 10.0. The van der Waals surface area contributed by atoms with E-state index in [0.29, 0.717) is 23.3 Å². The Balaban J connectivity index is 1.77. The minimum Gasteiger partial charge on any atom is -0.339 e. The predicted molar refractivity (Wildman–Crippen MR) is 91.1 cm³/mol. The summed E-state index contributed by atoms with van der Waals surface area (Å²) in [7, 11) is 0. The van der Waals surface area contributed by atoms with Crippen molar-refractivity contribution in [2.24, 2.45) is 0 Å². The molecule has 0 radical (unpaired) electrons. The number of hydrogen-bond acceptors (Lipinski definition) is 5. The molecule has 0 unspecified atom stereocenters. The number of nitrogens with zero attached hydrogens (tertiary/aromatic N) is 4. The van der Waals surface area contributed by atoms with Crippen molar-refractivity contribution in [3.05, 3.63) is 60.0 Å². The van der Waals surface area contributed by atoms with E-state index in [-0.39, 0.29) is 0 Å². The molecule has 3 aromatic heterocycles. The second-order valence-electron chi connectivity index (χ2n) is 5.37. The molecule has 0 saturated heterocycles. The van der Waals surface area contributed by atoms with Gasteiger partial charge in [-0.2, -0.15) is 4.98 Å². The Labute approximate surface area is 141 Å². The van der Waals surface area contributed by atoms with Crippen molar-refractivity contribution in [3.8, 4) is 23.2 Å². The van der Waals surface area contributed by atoms with Crippen molar-refractivity contribution < 1.29 is 4.52 Å². The van der Waals surface area contributed by atoms with Crippen LogP contribution in [-0.2, 0) is 0 Å². The fourth-order valence-corrected chi connectivity index (χ4v) is 2.32. The number of aromatic nitrogens is 4. The summed E-state index contributed by atoms with van der Waals surface area (Å²) < 4.78 is 5.37. The fourth-order valence-electron chi connectivity index (χ4n) is 2.32. The van der Waals surface area contributed by atoms with Gasteiger partial charge < -0.3 is 4.52 Å². The summed E-state index contributed by atoms with van der Waals surface area (Å²) in [6.07, 6.45) is 5.40. The van der Waals surface area contributed by atoms with Crippen molar-refractivity contribution in [3.63, 3.8) is 0 Å². The summed E-state index contributed by atoms with van der Waals surface area (Å²) in [5, 5.41) is 4.05. The van der Waals surface area contributed by atoms with Crippen molar-refractivity contribution in [2.75, 3.05) is 0 Å². The molecule has 0 fully saturated rings. The van der Waals surface area contributed by atoms with Gasteiger partial charge in [-0.05, 0) is 48.9 Å². The van der Waals surface area contributed by atoms with Gasteiger partial charge in [0.2, 0.25) is 11.7 Å². The lowest BCUT2D eigenvalue weighted by molar-refractivity contribution is 0.346. The molecule has 0 amide bonds. The van der Waals surface area contributed by atoms with Crippen LogP contribution in [0.2, 0.25) is 0 Å². The van der Waals surface area contributed by atoms with Crippen LogP contribution in [0.3, 0.4) is 0 Å². The molecule has 0 aromatic carbocycles. The van der Waals surface area contributed by atoms with Gasteiger partial charge in [0.1, 0.15) is 11.4 Å². The SMILES string of the molecule is CCC(CC)c1nc(-c2ccc(C#Cc3ccccn3)nc2)no1. The third kappa shape index (κ3) is 3.66. The van der Waals surface area contributed by atoms with E-state index in [1.54, 1.807) is 12.4 Å². The molecule has 3 aromatic rings. The Hall–Kier alpha value is -3.00. The molecule has 0 saturated carbocycles. The minimum absolute atomic E-state index is 0.308. The molecule has 5 heteroatoms. The zero-order valence-corrected chi connectivity index (χ0v) is 13.7. The normalized spacial score (nSPS) is 10.5. The third-order valence-electron chi connectivity index (χ3n) is 3.78. The van der Waals surface area contributed by atoms with Crippen LogP contribution < -0.4 is 0 Å². The zero-order valence-electron chi connectivity index (χ0n) is 13.7. The maximum Gasteiger partial charge on any atom is 0.230 e. The minimum atomic E-state index is 0.308. The smallest absolute Gasteiger partial charge is 0.230 e. The van der Waals surface area contributed by atoms with Gasteiger partial charge in [-0.1, -0.05) is 25.1 Å². The fraction of sp³-hybridized carbons (Fsp3) is 0.263. The van der Waals surface area contributed by atoms with Gasteiger partial charge in [-0.15, -0.1) is 0 Å². The van der Waals surface area contributed by atoms with Crippen molar-refractivity contribution in [2.45, 2.75) is 32.6 Å². The van der Waals surface area contributed by atoms with Gasteiger partial charge in [-0.3, -0.25) is 0 Å². The van der Waals surface area contributed by atoms with Crippen LogP contribution in [-0.4, -0.2) is 20.1 Å². The summed E-state index contributed by atoms with van der Waals surface area (Å²) in [6, 6.07) is 9.37. The number of rotatable bonds is 4. The molecule has 5 nitrogen and oxygen atoms in total. The molecule has 0 aliphatic heterocycles. The van der Waals surface area contributed by atoms with E-state index in [4.69, 9.17) is 4.52 Å². The first-order chi connectivity index (χ1) is 11.8. The zero-order chi connectivity index (χ0) is 16.8. The lowest BCUT2D eigenvalue weighted by Gasteiger charge is -2.04. The summed E-state index contributed by atoms with van der Waals surface area (Å²) in [5.74, 6) is 7.54. The Bertz CT molecular complexity index is 840. The first kappa shape index (κ1) is 15.9. The molecule has 0 aliphatic rings. The van der Waals surface area contributed by atoms with Gasteiger partial charge >= 0.3 is 0 Å². The molecular formula is C19H18N4O. The van der Waals surface area contributed by atoms with Crippen LogP contribution >= 0.6 is 0 Å². The van der Waals surface area contributed by atoms with Crippen LogP contribution in [0.1, 0.15) is 49.9 Å². The second kappa shape index (κ2) is 7.51. The van der Waals surface area contributed by atoms with Crippen LogP contribution in [0.15, 0.2) is 47.2 Å². The van der Waals surface area contributed by atoms with Gasteiger partial charge in [0, 0.05) is 23.9 Å². The van der Waals surface area contributed by atoms with E-state index in [0.717, 1.165) is 24.1 Å². The molecule has 0 bridgehead atoms. The molecule has 0 N–H and O–H groups in total. The van der Waals surface area contributed by atoms with E-state index in [2.05, 4.69) is 45.8 Å². The van der Waals surface area contributed by atoms with Gasteiger partial charge in [0.25, 0.3) is 0 Å². The molecular weight excluding hydrogens is 300 g/mol. The first-order valence-electron chi connectivity index (χ1n) is 8.03. The Morgan fingerprint density at radius 2 is 1.79 bits per heavy atom. The van der Waals surface area contributed by atoms with E-state index >= 15 is 0 Å². The van der Waals surface area contributed by atoms with Crippen LogP contribution in [0.4, 0.5) is 0 Å². The van der Waals surface area contributed by atoms with Crippen LogP contribution in [0.25, 0.3) is 11.4 Å². The quantitative estimate of drug-likeness (QED) is 0.684. The molecule has 0 spiro atoms. The second-order valence-corrected chi connectivity index (χ2v) is 5.37. The Morgan fingerprint density at radius 1 is 1.00 bits per heavy atom. The van der Waals surface area contributed by atoms with E-state index in [9.17, 15) is 0 Å². The summed E-state index contributed by atoms with van der Waals surface area (Å²) in [4.78, 5) is 13.0. The van der Waals surface area contributed by atoms with E-state index < -0.39 is 0 Å². The van der Waals surface area contributed by atoms with E-state index in [1.165, 1.54) is 0 Å². The highest BCUT2D eigenvalue weighted by atomic mass is 16.5. The van der Waals surface area contributed by atoms with Crippen LogP contribution in [0.5, 0.6) is 0 Å². The summed E-state index contributed by atoms with van der Waals surface area (Å²) in [6.45, 7) is 4.24. The van der Waals surface area contributed by atoms with Crippen molar-refractivity contribution >= 4 is 0 Å². The molecule has 24 heavy (non-hydrogen) atoms. The molecule has 3 heterocycles. The van der Waals surface area contributed by atoms with Crippen molar-refractivity contribution in [1.29, 1.82) is 0 Å². The van der Waals surface area contributed by atoms with Crippen molar-refractivity contribution in [1.82, 2.24) is 20.1 Å². The number of pyridine rings is 2. The maximum atomic E-state index is 5.37. The Kier molecular flexibility index (Phi) is 4.97. The third-order valence-corrected chi connectivity index (χ3v) is 3.78. The van der Waals surface area contributed by atoms with E-state index in [1.807, 2.05) is 30.3 Å². The molecule has 0 aliphatic carbocycles. The maximum absolute atomic E-state index is 5.37. The topological polar surface area (TPSA) is 64.7 Å². The number of hydrogen-bond donors (Lipinski definition) is 0. The predicted octanol–water partition coefficient (Wildman–Crippen LogP) is 3.83. The van der Waals surface area contributed by atoms with Gasteiger partial charge in [0.05, 0.1) is 0 Å². The average Bonchev–Trinajstić information content (AvgIpc) is 3.12. The highest BCUT2D eigenvalue weighted by Gasteiger charge is 2.16. The van der Waals surface area contributed by atoms with Gasteiger partial charge in [0.15, 0.2) is 0 Å². The average molecular weight is 318 g/mol.